The van der Waals surface area contributed by atoms with E-state index in [9.17, 15) is 14.4 Å². The number of carbonyl (C=O) groups is 3. The first-order valence-corrected chi connectivity index (χ1v) is 10.8. The van der Waals surface area contributed by atoms with Crippen LogP contribution < -0.4 is 20.1 Å². The smallest absolute Gasteiger partial charge is 0.325 e. The van der Waals surface area contributed by atoms with Gasteiger partial charge in [-0.15, -0.1) is 0 Å². The highest BCUT2D eigenvalue weighted by Crippen LogP contribution is 2.34. The first-order valence-electron chi connectivity index (χ1n) is 10.8. The van der Waals surface area contributed by atoms with Gasteiger partial charge in [0.05, 0.1) is 6.04 Å². The van der Waals surface area contributed by atoms with Crippen molar-refractivity contribution >= 4 is 17.8 Å². The highest BCUT2D eigenvalue weighted by atomic mass is 16.7. The summed E-state index contributed by atoms with van der Waals surface area (Å²) in [7, 11) is 0. The number of imide groups is 1. The summed E-state index contributed by atoms with van der Waals surface area (Å²) < 4.78 is 10.7. The molecule has 2 atom stereocenters. The summed E-state index contributed by atoms with van der Waals surface area (Å²) in [5.41, 5.74) is 2.03. The molecule has 1 saturated heterocycles. The van der Waals surface area contributed by atoms with E-state index in [1.807, 2.05) is 30.3 Å². The topological polar surface area (TPSA) is 97.0 Å². The predicted molar refractivity (Wildman–Crippen MR) is 115 cm³/mol. The van der Waals surface area contributed by atoms with Crippen molar-refractivity contribution in [3.05, 3.63) is 59.2 Å². The minimum Gasteiger partial charge on any atom is -0.454 e. The number of nitrogens with one attached hydrogen (secondary N) is 2. The van der Waals surface area contributed by atoms with E-state index in [0.717, 1.165) is 35.3 Å². The van der Waals surface area contributed by atoms with Crippen molar-refractivity contribution < 1.29 is 23.9 Å². The van der Waals surface area contributed by atoms with Gasteiger partial charge in [0, 0.05) is 6.42 Å². The Labute approximate surface area is 185 Å². The molecule has 32 heavy (non-hydrogen) atoms. The van der Waals surface area contributed by atoms with E-state index in [4.69, 9.17) is 9.47 Å². The lowest BCUT2D eigenvalue weighted by Gasteiger charge is -2.27. The lowest BCUT2D eigenvalue weighted by atomic mass is 9.88. The molecule has 2 N–H and O–H groups in total. The summed E-state index contributed by atoms with van der Waals surface area (Å²) in [6.07, 6.45) is 3.10. The number of benzene rings is 2. The predicted octanol–water partition coefficient (Wildman–Crippen LogP) is 2.46. The molecule has 0 spiro atoms. The molecule has 0 radical (unpaired) electrons. The molecule has 1 fully saturated rings. The zero-order valence-corrected chi connectivity index (χ0v) is 17.8. The Bertz CT molecular complexity index is 1100. The van der Waals surface area contributed by atoms with Gasteiger partial charge < -0.3 is 20.1 Å². The van der Waals surface area contributed by atoms with Crippen LogP contribution in [0, 0.1) is 0 Å². The molecule has 0 bridgehead atoms. The van der Waals surface area contributed by atoms with E-state index >= 15 is 0 Å². The summed E-state index contributed by atoms with van der Waals surface area (Å²) >= 11 is 0. The van der Waals surface area contributed by atoms with E-state index in [0.29, 0.717) is 11.5 Å². The zero-order chi connectivity index (χ0) is 22.3. The molecule has 2 heterocycles. The Hall–Kier alpha value is -3.55. The number of hydrogen-bond acceptors (Lipinski definition) is 5. The Kier molecular flexibility index (Phi) is 5.00. The number of rotatable bonds is 5. The number of fused-ring (bicyclic) bond motifs is 2. The molecule has 3 aliphatic rings. The van der Waals surface area contributed by atoms with Gasteiger partial charge >= 0.3 is 6.03 Å². The van der Waals surface area contributed by atoms with E-state index < -0.39 is 17.5 Å². The quantitative estimate of drug-likeness (QED) is 0.704. The molecule has 0 saturated carbocycles. The van der Waals surface area contributed by atoms with Crippen LogP contribution in [-0.2, 0) is 22.4 Å². The standard InChI is InChI=1S/C24H25N3O5/c1-24(12-15-9-10-19-20(11-15)32-14-31-19)22(29)27(23(30)26-24)13-21(28)25-18-8-4-6-16-5-2-3-7-17(16)18/h2-3,5,7,9-11,18H,4,6,8,12-14H2,1H3,(H,25,28)(H,26,30)/t18-,24+/m0/s1. The number of urea groups is 1. The third kappa shape index (κ3) is 3.66. The molecular formula is C24H25N3O5. The molecule has 2 aliphatic heterocycles. The van der Waals surface area contributed by atoms with Crippen molar-refractivity contribution in [2.24, 2.45) is 0 Å². The number of aryl methyl sites for hydroxylation is 1. The van der Waals surface area contributed by atoms with Gasteiger partial charge in [-0.1, -0.05) is 30.3 Å². The summed E-state index contributed by atoms with van der Waals surface area (Å²) in [5, 5.41) is 5.76. The second kappa shape index (κ2) is 7.85. The summed E-state index contributed by atoms with van der Waals surface area (Å²) in [4.78, 5) is 39.4. The van der Waals surface area contributed by atoms with Crippen LogP contribution in [0.3, 0.4) is 0 Å². The van der Waals surface area contributed by atoms with Crippen molar-refractivity contribution in [1.82, 2.24) is 15.5 Å². The Morgan fingerprint density at radius 3 is 2.88 bits per heavy atom. The maximum absolute atomic E-state index is 13.1. The van der Waals surface area contributed by atoms with Gasteiger partial charge in [-0.2, -0.15) is 0 Å². The number of hydrogen-bond donors (Lipinski definition) is 2. The molecule has 5 rings (SSSR count). The lowest BCUT2D eigenvalue weighted by molar-refractivity contribution is -0.134. The van der Waals surface area contributed by atoms with Gasteiger partial charge in [0.15, 0.2) is 11.5 Å². The van der Waals surface area contributed by atoms with E-state index in [-0.39, 0.29) is 31.7 Å². The number of amides is 4. The van der Waals surface area contributed by atoms with Crippen molar-refractivity contribution in [3.8, 4) is 11.5 Å². The van der Waals surface area contributed by atoms with Crippen molar-refractivity contribution in [3.63, 3.8) is 0 Å². The van der Waals surface area contributed by atoms with Crippen LogP contribution in [0.4, 0.5) is 4.79 Å². The third-order valence-electron chi connectivity index (χ3n) is 6.35. The molecule has 0 aromatic heterocycles. The monoisotopic (exact) mass is 435 g/mol. The summed E-state index contributed by atoms with van der Waals surface area (Å²) in [6.45, 7) is 1.53. The largest absolute Gasteiger partial charge is 0.454 e. The van der Waals surface area contributed by atoms with Crippen molar-refractivity contribution in [2.75, 3.05) is 13.3 Å². The van der Waals surface area contributed by atoms with Crippen molar-refractivity contribution in [1.29, 1.82) is 0 Å². The molecule has 2 aromatic rings. The Morgan fingerprint density at radius 1 is 1.19 bits per heavy atom. The molecule has 8 heteroatoms. The van der Waals surface area contributed by atoms with Gasteiger partial charge in [-0.05, 0) is 55.0 Å². The zero-order valence-electron chi connectivity index (χ0n) is 17.8. The summed E-state index contributed by atoms with van der Waals surface area (Å²) in [5.74, 6) is 0.511. The molecule has 8 nitrogen and oxygen atoms in total. The van der Waals surface area contributed by atoms with Crippen LogP contribution in [0.15, 0.2) is 42.5 Å². The highest BCUT2D eigenvalue weighted by Gasteiger charge is 2.48. The van der Waals surface area contributed by atoms with Crippen LogP contribution >= 0.6 is 0 Å². The molecule has 4 amide bonds. The first kappa shape index (κ1) is 20.4. The number of nitrogens with zero attached hydrogens (tertiary/aromatic N) is 1. The van der Waals surface area contributed by atoms with Crippen LogP contribution in [0.2, 0.25) is 0 Å². The SMILES string of the molecule is C[C@]1(Cc2ccc3c(c2)OCO3)NC(=O)N(CC(=O)N[C@H]2CCCc3ccccc32)C1=O. The van der Waals surface area contributed by atoms with Crippen LogP contribution in [0.25, 0.3) is 0 Å². The number of ether oxygens (including phenoxy) is 2. The Morgan fingerprint density at radius 2 is 2.00 bits per heavy atom. The second-order valence-corrected chi connectivity index (χ2v) is 8.73. The molecule has 0 unspecified atom stereocenters. The maximum Gasteiger partial charge on any atom is 0.325 e. The van der Waals surface area contributed by atoms with Gasteiger partial charge in [0.2, 0.25) is 12.7 Å². The van der Waals surface area contributed by atoms with Crippen LogP contribution in [0.5, 0.6) is 11.5 Å². The van der Waals surface area contributed by atoms with Crippen LogP contribution in [-0.4, -0.2) is 41.6 Å². The van der Waals surface area contributed by atoms with Gasteiger partial charge in [-0.3, -0.25) is 14.5 Å². The molecule has 2 aromatic carbocycles. The fraction of sp³-hybridized carbons (Fsp3) is 0.375. The third-order valence-corrected chi connectivity index (χ3v) is 6.35. The molecule has 166 valence electrons. The van der Waals surface area contributed by atoms with Gasteiger partial charge in [0.1, 0.15) is 12.1 Å². The fourth-order valence-electron chi connectivity index (χ4n) is 4.76. The Balaban J connectivity index is 1.25. The van der Waals surface area contributed by atoms with Gasteiger partial charge in [-0.25, -0.2) is 4.79 Å². The summed E-state index contributed by atoms with van der Waals surface area (Å²) in [6, 6.07) is 12.8. The average Bonchev–Trinajstić information content (AvgIpc) is 3.32. The maximum atomic E-state index is 13.1. The molecule has 1 aliphatic carbocycles. The van der Waals surface area contributed by atoms with E-state index in [1.165, 1.54) is 5.56 Å². The molecular weight excluding hydrogens is 410 g/mol. The normalized spacial score (nSPS) is 23.7. The van der Waals surface area contributed by atoms with E-state index in [1.54, 1.807) is 13.0 Å². The lowest BCUT2D eigenvalue weighted by Crippen LogP contribution is -2.47. The van der Waals surface area contributed by atoms with E-state index in [2.05, 4.69) is 16.7 Å². The first-order chi connectivity index (χ1) is 15.4. The average molecular weight is 435 g/mol. The second-order valence-electron chi connectivity index (χ2n) is 8.73. The minimum absolute atomic E-state index is 0.103. The van der Waals surface area contributed by atoms with Crippen LogP contribution in [0.1, 0.15) is 42.5 Å². The minimum atomic E-state index is -1.14. The van der Waals surface area contributed by atoms with Crippen molar-refractivity contribution in [2.45, 2.75) is 44.2 Å². The highest BCUT2D eigenvalue weighted by molar-refractivity contribution is 6.09. The number of carbonyl (C=O) groups excluding carboxylic acids is 3. The van der Waals surface area contributed by atoms with Gasteiger partial charge in [0.25, 0.3) is 5.91 Å². The fourth-order valence-corrected chi connectivity index (χ4v) is 4.76.